The number of anilines is 4. The van der Waals surface area contributed by atoms with Crippen molar-refractivity contribution >= 4 is 22.7 Å². The predicted molar refractivity (Wildman–Crippen MR) is 123 cm³/mol. The van der Waals surface area contributed by atoms with E-state index in [0.717, 1.165) is 55.0 Å². The number of hydrogen-bond acceptors (Lipinski definition) is 6. The minimum absolute atomic E-state index is 0.648. The minimum atomic E-state index is 0.648. The van der Waals surface area contributed by atoms with Crippen LogP contribution in [0.25, 0.3) is 0 Å². The van der Waals surface area contributed by atoms with E-state index in [4.69, 9.17) is 20.9 Å². The molecule has 2 aromatic carbocycles. The minimum Gasteiger partial charge on any atom is -0.495 e. The second-order valence-electron chi connectivity index (χ2n) is 7.56. The van der Waals surface area contributed by atoms with Crippen LogP contribution in [0.3, 0.4) is 0 Å². The van der Waals surface area contributed by atoms with Gasteiger partial charge < -0.3 is 36.1 Å². The number of benzene rings is 2. The third-order valence-electron chi connectivity index (χ3n) is 5.19. The molecule has 2 rings (SSSR count). The zero-order chi connectivity index (χ0) is 21.3. The summed E-state index contributed by atoms with van der Waals surface area (Å²) in [6.07, 6.45) is 1.14. The van der Waals surface area contributed by atoms with Crippen LogP contribution in [0, 0.1) is 0 Å². The fraction of sp³-hybridized carbons (Fsp3) is 0.455. The lowest BCUT2D eigenvalue weighted by atomic mass is 10.2. The number of rotatable bonds is 12. The first-order valence-corrected chi connectivity index (χ1v) is 10.1. The van der Waals surface area contributed by atoms with Gasteiger partial charge in [-0.05, 0) is 30.7 Å². The highest BCUT2D eigenvalue weighted by Gasteiger charge is 2.19. The van der Waals surface area contributed by atoms with Gasteiger partial charge in [-0.25, -0.2) is 0 Å². The lowest BCUT2D eigenvalue weighted by Gasteiger charge is -2.35. The first-order chi connectivity index (χ1) is 13.9. The van der Waals surface area contributed by atoms with Gasteiger partial charge in [-0.3, -0.25) is 0 Å². The number of quaternary nitrogens is 1. The molecule has 29 heavy (non-hydrogen) atoms. The van der Waals surface area contributed by atoms with Gasteiger partial charge in [0.1, 0.15) is 11.5 Å². The van der Waals surface area contributed by atoms with Crippen molar-refractivity contribution in [1.29, 1.82) is 0 Å². The van der Waals surface area contributed by atoms with Gasteiger partial charge >= 0.3 is 0 Å². The summed E-state index contributed by atoms with van der Waals surface area (Å²) in [4.78, 5) is 0. The van der Waals surface area contributed by atoms with Crippen LogP contribution in [-0.2, 0) is 0 Å². The summed E-state index contributed by atoms with van der Waals surface area (Å²) in [5, 5.41) is 6.98. The van der Waals surface area contributed by atoms with E-state index in [1.54, 1.807) is 14.2 Å². The molecule has 0 atom stereocenters. The Kier molecular flexibility index (Phi) is 8.27. The third kappa shape index (κ3) is 6.64. The van der Waals surface area contributed by atoms with Crippen molar-refractivity contribution in [2.75, 3.05) is 76.1 Å². The van der Waals surface area contributed by atoms with Crippen LogP contribution in [0.2, 0.25) is 0 Å². The Labute approximate surface area is 174 Å². The quantitative estimate of drug-likeness (QED) is 0.322. The number of nitrogens with zero attached hydrogens (tertiary/aromatic N) is 1. The second-order valence-corrected chi connectivity index (χ2v) is 7.56. The second kappa shape index (κ2) is 10.7. The van der Waals surface area contributed by atoms with Gasteiger partial charge in [0, 0.05) is 23.5 Å². The van der Waals surface area contributed by atoms with E-state index >= 15 is 0 Å². The van der Waals surface area contributed by atoms with E-state index in [2.05, 4.69) is 24.6 Å². The largest absolute Gasteiger partial charge is 0.495 e. The molecule has 0 spiro atoms. The number of methoxy groups -OCH3 is 2. The molecule has 0 fully saturated rings. The van der Waals surface area contributed by atoms with E-state index in [1.165, 1.54) is 0 Å². The summed E-state index contributed by atoms with van der Waals surface area (Å²) in [5.41, 5.74) is 15.1. The fourth-order valence-electron chi connectivity index (χ4n) is 3.46. The highest BCUT2D eigenvalue weighted by atomic mass is 16.5. The number of hydrogen-bond donors (Lipinski definition) is 4. The van der Waals surface area contributed by atoms with E-state index in [1.807, 2.05) is 36.4 Å². The van der Waals surface area contributed by atoms with Gasteiger partial charge in [-0.2, -0.15) is 0 Å². The maximum absolute atomic E-state index is 5.89. The molecule has 0 heterocycles. The molecule has 0 aromatic heterocycles. The standard InChI is InChI=1S/C22H36N5O2/c1-5-12-27(2,13-10-25-17-6-8-19(23)21(15-17)28-3)14-11-26-18-7-9-20(24)22(16-18)29-4/h6-9,15-16,25-26H,5,10-14,23-24H2,1-4H3/q+1. The summed E-state index contributed by atoms with van der Waals surface area (Å²) in [7, 11) is 5.57. The molecule has 0 unspecified atom stereocenters. The summed E-state index contributed by atoms with van der Waals surface area (Å²) >= 11 is 0. The summed E-state index contributed by atoms with van der Waals surface area (Å²) < 4.78 is 11.6. The molecule has 0 aliphatic carbocycles. The first kappa shape index (κ1) is 22.5. The molecule has 0 saturated carbocycles. The molecular formula is C22H36N5O2+. The van der Waals surface area contributed by atoms with Crippen LogP contribution in [0.15, 0.2) is 36.4 Å². The Morgan fingerprint density at radius 2 is 1.24 bits per heavy atom. The van der Waals surface area contributed by atoms with Crippen LogP contribution < -0.4 is 31.6 Å². The van der Waals surface area contributed by atoms with Crippen molar-refractivity contribution < 1.29 is 14.0 Å². The van der Waals surface area contributed by atoms with Gasteiger partial charge in [0.25, 0.3) is 0 Å². The molecule has 6 N–H and O–H groups in total. The van der Waals surface area contributed by atoms with Crippen LogP contribution in [0.1, 0.15) is 13.3 Å². The fourth-order valence-corrected chi connectivity index (χ4v) is 3.46. The number of ether oxygens (including phenoxy) is 2. The van der Waals surface area contributed by atoms with Crippen LogP contribution >= 0.6 is 0 Å². The highest BCUT2D eigenvalue weighted by molar-refractivity contribution is 5.62. The van der Waals surface area contributed by atoms with E-state index in [9.17, 15) is 0 Å². The van der Waals surface area contributed by atoms with Crippen LogP contribution in [-0.4, -0.2) is 58.5 Å². The average Bonchev–Trinajstić information content (AvgIpc) is 2.70. The van der Waals surface area contributed by atoms with Gasteiger partial charge in [0.05, 0.1) is 65.4 Å². The lowest BCUT2D eigenvalue weighted by Crippen LogP contribution is -2.50. The topological polar surface area (TPSA) is 94.6 Å². The number of nitrogens with one attached hydrogen (secondary N) is 2. The molecule has 0 bridgehead atoms. The number of nitrogen functional groups attached to an aromatic ring is 2. The van der Waals surface area contributed by atoms with Gasteiger partial charge in [-0.15, -0.1) is 0 Å². The highest BCUT2D eigenvalue weighted by Crippen LogP contribution is 2.26. The van der Waals surface area contributed by atoms with Gasteiger partial charge in [0.2, 0.25) is 0 Å². The SMILES string of the molecule is CCC[N+](C)(CCNc1ccc(N)c(OC)c1)CCNc1ccc(N)c(OC)c1. The molecule has 0 aliphatic heterocycles. The van der Waals surface area contributed by atoms with Crippen molar-refractivity contribution in [3.8, 4) is 11.5 Å². The van der Waals surface area contributed by atoms with Crippen LogP contribution in [0.5, 0.6) is 11.5 Å². The summed E-state index contributed by atoms with van der Waals surface area (Å²) in [6, 6.07) is 11.6. The zero-order valence-corrected chi connectivity index (χ0v) is 18.1. The Morgan fingerprint density at radius 3 is 1.62 bits per heavy atom. The van der Waals surface area contributed by atoms with Crippen molar-refractivity contribution in [2.24, 2.45) is 0 Å². The molecule has 2 aromatic rings. The molecule has 160 valence electrons. The Morgan fingerprint density at radius 1 is 0.793 bits per heavy atom. The van der Waals surface area contributed by atoms with E-state index in [-0.39, 0.29) is 0 Å². The molecular weight excluding hydrogens is 366 g/mol. The average molecular weight is 403 g/mol. The molecule has 7 nitrogen and oxygen atoms in total. The Balaban J connectivity index is 1.88. The summed E-state index contributed by atoms with van der Waals surface area (Å²) in [6.45, 7) is 7.14. The monoisotopic (exact) mass is 402 g/mol. The Bertz CT molecular complexity index is 722. The maximum Gasteiger partial charge on any atom is 0.143 e. The van der Waals surface area contributed by atoms with E-state index < -0.39 is 0 Å². The molecule has 7 heteroatoms. The third-order valence-corrected chi connectivity index (χ3v) is 5.19. The van der Waals surface area contributed by atoms with Crippen molar-refractivity contribution in [3.63, 3.8) is 0 Å². The molecule has 0 radical (unpaired) electrons. The molecule has 0 aliphatic rings. The van der Waals surface area contributed by atoms with Gasteiger partial charge in [0.15, 0.2) is 0 Å². The molecule has 0 amide bonds. The first-order valence-electron chi connectivity index (χ1n) is 10.1. The van der Waals surface area contributed by atoms with Crippen molar-refractivity contribution in [1.82, 2.24) is 0 Å². The van der Waals surface area contributed by atoms with Crippen molar-refractivity contribution in [2.45, 2.75) is 13.3 Å². The van der Waals surface area contributed by atoms with E-state index in [0.29, 0.717) is 22.9 Å². The smallest absolute Gasteiger partial charge is 0.143 e. The summed E-state index contributed by atoms with van der Waals surface area (Å²) in [5.74, 6) is 1.40. The molecule has 0 saturated heterocycles. The number of nitrogens with two attached hydrogens (primary N) is 2. The van der Waals surface area contributed by atoms with Crippen LogP contribution in [0.4, 0.5) is 22.7 Å². The van der Waals surface area contributed by atoms with Crippen molar-refractivity contribution in [3.05, 3.63) is 36.4 Å². The Hall–Kier alpha value is -2.80. The maximum atomic E-state index is 5.89. The zero-order valence-electron chi connectivity index (χ0n) is 18.1. The van der Waals surface area contributed by atoms with Gasteiger partial charge in [-0.1, -0.05) is 6.92 Å². The number of likely N-dealkylation sites (N-methyl/N-ethyl adjacent to an activating group) is 1. The normalized spacial score (nSPS) is 11.2. The predicted octanol–water partition coefficient (Wildman–Crippen LogP) is 3.25. The lowest BCUT2D eigenvalue weighted by molar-refractivity contribution is -0.906.